The number of rotatable bonds is 6. The van der Waals surface area contributed by atoms with Crippen LogP contribution in [0.2, 0.25) is 0 Å². The molecule has 0 fully saturated rings. The Kier molecular flexibility index (Phi) is 6.10. The summed E-state index contributed by atoms with van der Waals surface area (Å²) in [5, 5.41) is 9.11. The number of likely N-dealkylation sites (N-methyl/N-ethyl adjacent to an activating group) is 1. The zero-order valence-electron chi connectivity index (χ0n) is 19.0. The van der Waals surface area contributed by atoms with Crippen molar-refractivity contribution in [2.24, 2.45) is 0 Å². The summed E-state index contributed by atoms with van der Waals surface area (Å²) in [6.45, 7) is 7.09. The van der Waals surface area contributed by atoms with E-state index in [0.717, 1.165) is 22.3 Å². The lowest BCUT2D eigenvalue weighted by Gasteiger charge is -2.25. The predicted octanol–water partition coefficient (Wildman–Crippen LogP) is 4.98. The predicted molar refractivity (Wildman–Crippen MR) is 129 cm³/mol. The lowest BCUT2D eigenvalue weighted by Crippen LogP contribution is -2.35. The van der Waals surface area contributed by atoms with Gasteiger partial charge in [-0.15, -0.1) is 0 Å². The Morgan fingerprint density at radius 2 is 1.58 bits per heavy atom. The van der Waals surface area contributed by atoms with Gasteiger partial charge in [-0.1, -0.05) is 48.5 Å². The molecule has 0 radical (unpaired) electrons. The third-order valence-corrected chi connectivity index (χ3v) is 6.02. The second kappa shape index (κ2) is 9.13. The molecule has 1 heterocycles. The SMILES string of the molecule is CCN(Cc1ccccc1)C1=C(c2ccc(C)c(C)c2)C(=O)N(c2ccc(C#N)cc2)C1=O. The van der Waals surface area contributed by atoms with E-state index in [0.29, 0.717) is 35.6 Å². The fourth-order valence-electron chi connectivity index (χ4n) is 4.04. The number of anilines is 1. The molecule has 5 heteroatoms. The van der Waals surface area contributed by atoms with Crippen molar-refractivity contribution in [1.82, 2.24) is 4.90 Å². The minimum absolute atomic E-state index is 0.351. The van der Waals surface area contributed by atoms with Crippen molar-refractivity contribution < 1.29 is 9.59 Å². The Balaban J connectivity index is 1.84. The number of hydrogen-bond acceptors (Lipinski definition) is 4. The van der Waals surface area contributed by atoms with Crippen LogP contribution in [0.4, 0.5) is 5.69 Å². The molecule has 0 unspecified atom stereocenters. The highest BCUT2D eigenvalue weighted by atomic mass is 16.2. The molecule has 0 aliphatic carbocycles. The van der Waals surface area contributed by atoms with Gasteiger partial charge in [0.15, 0.2) is 0 Å². The summed E-state index contributed by atoms with van der Waals surface area (Å²) >= 11 is 0. The molecule has 1 aliphatic heterocycles. The quantitative estimate of drug-likeness (QED) is 0.512. The van der Waals surface area contributed by atoms with Crippen LogP contribution in [-0.4, -0.2) is 23.3 Å². The minimum atomic E-state index is -0.352. The third kappa shape index (κ3) is 4.16. The van der Waals surface area contributed by atoms with E-state index < -0.39 is 0 Å². The number of benzene rings is 3. The Bertz CT molecular complexity index is 1280. The lowest BCUT2D eigenvalue weighted by atomic mass is 9.99. The normalized spacial score (nSPS) is 13.5. The first-order valence-corrected chi connectivity index (χ1v) is 10.9. The van der Waals surface area contributed by atoms with Gasteiger partial charge in [0.25, 0.3) is 11.8 Å². The maximum Gasteiger partial charge on any atom is 0.282 e. The van der Waals surface area contributed by atoms with E-state index in [1.54, 1.807) is 24.3 Å². The van der Waals surface area contributed by atoms with Crippen molar-refractivity contribution in [2.45, 2.75) is 27.3 Å². The van der Waals surface area contributed by atoms with Crippen LogP contribution >= 0.6 is 0 Å². The van der Waals surface area contributed by atoms with Gasteiger partial charge in [-0.3, -0.25) is 9.59 Å². The number of nitrogens with zero attached hydrogens (tertiary/aromatic N) is 3. The van der Waals surface area contributed by atoms with E-state index in [-0.39, 0.29) is 11.8 Å². The van der Waals surface area contributed by atoms with Crippen molar-refractivity contribution in [3.05, 3.63) is 106 Å². The number of hydrogen-bond donors (Lipinski definition) is 0. The van der Waals surface area contributed by atoms with E-state index in [1.165, 1.54) is 4.90 Å². The highest BCUT2D eigenvalue weighted by Gasteiger charge is 2.42. The van der Waals surface area contributed by atoms with E-state index in [2.05, 4.69) is 6.07 Å². The standard InChI is InChI=1S/C28H25N3O2/c1-4-30(18-22-8-6-5-7-9-22)26-25(23-13-10-19(2)20(3)16-23)27(32)31(28(26)33)24-14-11-21(17-29)12-15-24/h5-16H,4,18H2,1-3H3. The molecule has 2 amide bonds. The highest BCUT2D eigenvalue weighted by Crippen LogP contribution is 2.36. The van der Waals surface area contributed by atoms with Crippen LogP contribution < -0.4 is 4.90 Å². The number of aryl methyl sites for hydroxylation is 2. The molecular weight excluding hydrogens is 410 g/mol. The van der Waals surface area contributed by atoms with E-state index in [9.17, 15) is 9.59 Å². The van der Waals surface area contributed by atoms with Gasteiger partial charge in [-0.2, -0.15) is 5.26 Å². The van der Waals surface area contributed by atoms with Gasteiger partial charge in [-0.05, 0) is 67.3 Å². The Morgan fingerprint density at radius 3 is 2.18 bits per heavy atom. The molecular formula is C28H25N3O2. The third-order valence-electron chi connectivity index (χ3n) is 6.02. The molecule has 3 aromatic rings. The van der Waals surface area contributed by atoms with Gasteiger partial charge in [0, 0.05) is 13.1 Å². The van der Waals surface area contributed by atoms with Crippen LogP contribution in [0.25, 0.3) is 5.57 Å². The van der Waals surface area contributed by atoms with Gasteiger partial charge in [0.05, 0.1) is 22.9 Å². The topological polar surface area (TPSA) is 64.4 Å². The number of carbonyl (C=O) groups excluding carboxylic acids is 2. The van der Waals surface area contributed by atoms with Crippen LogP contribution in [0.3, 0.4) is 0 Å². The maximum atomic E-state index is 13.7. The number of imide groups is 1. The Morgan fingerprint density at radius 1 is 0.879 bits per heavy atom. The molecule has 0 atom stereocenters. The first kappa shape index (κ1) is 22.0. The van der Waals surface area contributed by atoms with Gasteiger partial charge in [0.1, 0.15) is 5.70 Å². The van der Waals surface area contributed by atoms with Gasteiger partial charge in [-0.25, -0.2) is 4.90 Å². The smallest absolute Gasteiger partial charge is 0.282 e. The van der Waals surface area contributed by atoms with Crippen molar-refractivity contribution in [1.29, 1.82) is 5.26 Å². The molecule has 1 aliphatic rings. The zero-order chi connectivity index (χ0) is 23.5. The average molecular weight is 436 g/mol. The Labute approximate surface area is 194 Å². The second-order valence-electron chi connectivity index (χ2n) is 8.13. The summed E-state index contributed by atoms with van der Waals surface area (Å²) in [6, 6.07) is 24.3. The second-order valence-corrected chi connectivity index (χ2v) is 8.13. The van der Waals surface area contributed by atoms with E-state index in [4.69, 9.17) is 5.26 Å². The molecule has 3 aromatic carbocycles. The van der Waals surface area contributed by atoms with Crippen LogP contribution in [-0.2, 0) is 16.1 Å². The summed E-state index contributed by atoms with van der Waals surface area (Å²) in [5.74, 6) is -0.704. The van der Waals surface area contributed by atoms with Crippen LogP contribution in [0.5, 0.6) is 0 Å². The van der Waals surface area contributed by atoms with Gasteiger partial charge < -0.3 is 4.90 Å². The minimum Gasteiger partial charge on any atom is -0.362 e. The molecule has 164 valence electrons. The first-order chi connectivity index (χ1) is 15.9. The number of carbonyl (C=O) groups is 2. The fraction of sp³-hybridized carbons (Fsp3) is 0.179. The van der Waals surface area contributed by atoms with Gasteiger partial charge >= 0.3 is 0 Å². The first-order valence-electron chi connectivity index (χ1n) is 10.9. The van der Waals surface area contributed by atoms with Crippen molar-refractivity contribution in [2.75, 3.05) is 11.4 Å². The Hall–Kier alpha value is -4.17. The molecule has 0 spiro atoms. The van der Waals surface area contributed by atoms with Crippen LogP contribution in [0.1, 0.15) is 34.7 Å². The number of nitriles is 1. The molecule has 0 N–H and O–H groups in total. The van der Waals surface area contributed by atoms with E-state index in [1.807, 2.05) is 74.2 Å². The average Bonchev–Trinajstić information content (AvgIpc) is 3.09. The molecule has 5 nitrogen and oxygen atoms in total. The summed E-state index contributed by atoms with van der Waals surface area (Å²) in [6.07, 6.45) is 0. The molecule has 0 bridgehead atoms. The summed E-state index contributed by atoms with van der Waals surface area (Å²) in [7, 11) is 0. The summed E-state index contributed by atoms with van der Waals surface area (Å²) in [4.78, 5) is 30.6. The largest absolute Gasteiger partial charge is 0.362 e. The summed E-state index contributed by atoms with van der Waals surface area (Å²) < 4.78 is 0. The molecule has 0 saturated heterocycles. The summed E-state index contributed by atoms with van der Waals surface area (Å²) in [5.41, 5.74) is 5.71. The molecule has 33 heavy (non-hydrogen) atoms. The molecule has 4 rings (SSSR count). The monoisotopic (exact) mass is 435 g/mol. The number of amides is 2. The molecule has 0 aromatic heterocycles. The van der Waals surface area contributed by atoms with Crippen molar-refractivity contribution in [3.8, 4) is 6.07 Å². The molecule has 0 saturated carbocycles. The fourth-order valence-corrected chi connectivity index (χ4v) is 4.04. The van der Waals surface area contributed by atoms with Crippen molar-refractivity contribution in [3.63, 3.8) is 0 Å². The lowest BCUT2D eigenvalue weighted by molar-refractivity contribution is -0.120. The van der Waals surface area contributed by atoms with Crippen molar-refractivity contribution >= 4 is 23.1 Å². The van der Waals surface area contributed by atoms with E-state index >= 15 is 0 Å². The van der Waals surface area contributed by atoms with Gasteiger partial charge in [0.2, 0.25) is 0 Å². The zero-order valence-corrected chi connectivity index (χ0v) is 19.0. The maximum absolute atomic E-state index is 13.7. The van der Waals surface area contributed by atoms with Crippen LogP contribution in [0.15, 0.2) is 78.5 Å². The van der Waals surface area contributed by atoms with Crippen LogP contribution in [0, 0.1) is 25.2 Å². The highest BCUT2D eigenvalue weighted by molar-refractivity contribution is 6.45.